The van der Waals surface area contributed by atoms with E-state index < -0.39 is 11.7 Å². The molecule has 0 fully saturated rings. The van der Waals surface area contributed by atoms with Crippen LogP contribution < -0.4 is 4.74 Å². The highest BCUT2D eigenvalue weighted by Crippen LogP contribution is 2.28. The number of esters is 1. The first-order valence-corrected chi connectivity index (χ1v) is 7.55. The van der Waals surface area contributed by atoms with Crippen LogP contribution in [0.5, 0.6) is 5.75 Å². The summed E-state index contributed by atoms with van der Waals surface area (Å²) in [6.45, 7) is 13.9. The lowest BCUT2D eigenvalue weighted by molar-refractivity contribution is -0.162. The lowest BCUT2D eigenvalue weighted by Crippen LogP contribution is -2.33. The SMILES string of the molecule is CCC(C)(C)c1ccc(OC(C)C(=O)OC(C)(C)C)cc1. The zero-order chi connectivity index (χ0) is 16.3. The predicted octanol–water partition coefficient (Wildman–Crippen LogP) is 4.48. The molecule has 0 saturated carbocycles. The fourth-order valence-corrected chi connectivity index (χ4v) is 1.83. The molecule has 0 aliphatic rings. The van der Waals surface area contributed by atoms with Crippen LogP contribution in [0.1, 0.15) is 60.5 Å². The van der Waals surface area contributed by atoms with Crippen LogP contribution in [-0.4, -0.2) is 17.7 Å². The fraction of sp³-hybridized carbons (Fsp3) is 0.611. The van der Waals surface area contributed by atoms with E-state index in [-0.39, 0.29) is 11.4 Å². The Hall–Kier alpha value is -1.51. The van der Waals surface area contributed by atoms with Gasteiger partial charge in [0.25, 0.3) is 0 Å². The molecule has 0 heterocycles. The Balaban J connectivity index is 2.70. The van der Waals surface area contributed by atoms with Gasteiger partial charge in [0.15, 0.2) is 6.10 Å². The summed E-state index contributed by atoms with van der Waals surface area (Å²) >= 11 is 0. The smallest absolute Gasteiger partial charge is 0.347 e. The van der Waals surface area contributed by atoms with E-state index in [1.54, 1.807) is 6.92 Å². The quantitative estimate of drug-likeness (QED) is 0.750. The van der Waals surface area contributed by atoms with E-state index in [0.29, 0.717) is 5.75 Å². The van der Waals surface area contributed by atoms with Gasteiger partial charge in [-0.05, 0) is 57.2 Å². The minimum absolute atomic E-state index is 0.148. The Kier molecular flexibility index (Phi) is 5.43. The molecule has 0 radical (unpaired) electrons. The number of hydrogen-bond donors (Lipinski definition) is 0. The first-order chi connectivity index (χ1) is 9.55. The van der Waals surface area contributed by atoms with Crippen LogP contribution in [-0.2, 0) is 14.9 Å². The zero-order valence-electron chi connectivity index (χ0n) is 14.3. The highest BCUT2D eigenvalue weighted by Gasteiger charge is 2.23. The van der Waals surface area contributed by atoms with E-state index >= 15 is 0 Å². The molecule has 21 heavy (non-hydrogen) atoms. The maximum Gasteiger partial charge on any atom is 0.347 e. The molecule has 0 spiro atoms. The van der Waals surface area contributed by atoms with Crippen molar-refractivity contribution in [1.82, 2.24) is 0 Å². The molecule has 0 N–H and O–H groups in total. The van der Waals surface area contributed by atoms with Gasteiger partial charge in [0.1, 0.15) is 11.4 Å². The molecule has 0 aliphatic heterocycles. The van der Waals surface area contributed by atoms with Gasteiger partial charge in [0.05, 0.1) is 0 Å². The first-order valence-electron chi connectivity index (χ1n) is 7.55. The minimum atomic E-state index is -0.616. The summed E-state index contributed by atoms with van der Waals surface area (Å²) in [5.74, 6) is 0.337. The number of carbonyl (C=O) groups is 1. The van der Waals surface area contributed by atoms with E-state index in [2.05, 4.69) is 32.9 Å². The number of carbonyl (C=O) groups excluding carboxylic acids is 1. The standard InChI is InChI=1S/C18H28O3/c1-8-18(6,7)14-9-11-15(12-10-14)20-13(2)16(19)21-17(3,4)5/h9-13H,8H2,1-7H3. The molecule has 0 aromatic heterocycles. The highest BCUT2D eigenvalue weighted by molar-refractivity contribution is 5.75. The molecule has 118 valence electrons. The fourth-order valence-electron chi connectivity index (χ4n) is 1.83. The van der Waals surface area contributed by atoms with Gasteiger partial charge in [-0.25, -0.2) is 4.79 Å². The monoisotopic (exact) mass is 292 g/mol. The van der Waals surface area contributed by atoms with Crippen molar-refractivity contribution in [3.05, 3.63) is 29.8 Å². The second-order valence-corrected chi connectivity index (χ2v) is 7.06. The Morgan fingerprint density at radius 3 is 2.05 bits per heavy atom. The Morgan fingerprint density at radius 1 is 1.10 bits per heavy atom. The molecule has 0 bridgehead atoms. The zero-order valence-corrected chi connectivity index (χ0v) is 14.3. The predicted molar refractivity (Wildman–Crippen MR) is 85.7 cm³/mol. The van der Waals surface area contributed by atoms with E-state index in [0.717, 1.165) is 6.42 Å². The van der Waals surface area contributed by atoms with Crippen molar-refractivity contribution < 1.29 is 14.3 Å². The van der Waals surface area contributed by atoms with E-state index in [4.69, 9.17) is 9.47 Å². The molecule has 1 aromatic carbocycles. The third-order valence-electron chi connectivity index (χ3n) is 3.57. The van der Waals surface area contributed by atoms with Crippen LogP contribution in [0.2, 0.25) is 0 Å². The summed E-state index contributed by atoms with van der Waals surface area (Å²) in [6, 6.07) is 7.93. The Morgan fingerprint density at radius 2 is 1.62 bits per heavy atom. The number of benzene rings is 1. The summed E-state index contributed by atoms with van der Waals surface area (Å²) in [4.78, 5) is 11.9. The molecule has 0 aliphatic carbocycles. The number of ether oxygens (including phenoxy) is 2. The molecule has 1 aromatic rings. The minimum Gasteiger partial charge on any atom is -0.479 e. The molecule has 1 atom stereocenters. The lowest BCUT2D eigenvalue weighted by Gasteiger charge is -2.24. The average molecular weight is 292 g/mol. The number of hydrogen-bond acceptors (Lipinski definition) is 3. The molecule has 1 rings (SSSR count). The molecule has 3 nitrogen and oxygen atoms in total. The van der Waals surface area contributed by atoms with Crippen molar-refractivity contribution in [2.75, 3.05) is 0 Å². The van der Waals surface area contributed by atoms with Gasteiger partial charge in [0, 0.05) is 0 Å². The second kappa shape index (κ2) is 6.50. The van der Waals surface area contributed by atoms with E-state index in [1.807, 2.05) is 32.9 Å². The highest BCUT2D eigenvalue weighted by atomic mass is 16.6. The van der Waals surface area contributed by atoms with Crippen LogP contribution in [0.4, 0.5) is 0 Å². The summed E-state index contributed by atoms with van der Waals surface area (Å²) in [7, 11) is 0. The Bertz CT molecular complexity index is 466. The van der Waals surface area contributed by atoms with E-state index in [9.17, 15) is 4.79 Å². The molecule has 1 unspecified atom stereocenters. The molecule has 3 heteroatoms. The molecular formula is C18H28O3. The van der Waals surface area contributed by atoms with Crippen molar-refractivity contribution in [3.8, 4) is 5.75 Å². The second-order valence-electron chi connectivity index (χ2n) is 7.06. The third kappa shape index (κ3) is 5.41. The van der Waals surface area contributed by atoms with Crippen molar-refractivity contribution in [1.29, 1.82) is 0 Å². The first kappa shape index (κ1) is 17.5. The van der Waals surface area contributed by atoms with Crippen molar-refractivity contribution in [3.63, 3.8) is 0 Å². The van der Waals surface area contributed by atoms with Crippen LogP contribution in [0, 0.1) is 0 Å². The number of rotatable bonds is 5. The normalized spacial score (nSPS) is 13.7. The van der Waals surface area contributed by atoms with Crippen molar-refractivity contribution in [2.45, 2.75) is 72.0 Å². The van der Waals surface area contributed by atoms with Crippen LogP contribution in [0.3, 0.4) is 0 Å². The van der Waals surface area contributed by atoms with Gasteiger partial charge in [-0.15, -0.1) is 0 Å². The maximum atomic E-state index is 11.9. The van der Waals surface area contributed by atoms with Gasteiger partial charge >= 0.3 is 5.97 Å². The van der Waals surface area contributed by atoms with Crippen molar-refractivity contribution in [2.24, 2.45) is 0 Å². The van der Waals surface area contributed by atoms with Gasteiger partial charge in [-0.2, -0.15) is 0 Å². The van der Waals surface area contributed by atoms with Gasteiger partial charge < -0.3 is 9.47 Å². The molecular weight excluding hydrogens is 264 g/mol. The molecule has 0 saturated heterocycles. The summed E-state index contributed by atoms with van der Waals surface area (Å²) < 4.78 is 11.0. The summed E-state index contributed by atoms with van der Waals surface area (Å²) in [5, 5.41) is 0. The molecule has 0 amide bonds. The van der Waals surface area contributed by atoms with Gasteiger partial charge in [-0.1, -0.05) is 32.9 Å². The van der Waals surface area contributed by atoms with Gasteiger partial charge in [0.2, 0.25) is 0 Å². The maximum absolute atomic E-state index is 11.9. The van der Waals surface area contributed by atoms with Crippen LogP contribution in [0.25, 0.3) is 0 Å². The largest absolute Gasteiger partial charge is 0.479 e. The van der Waals surface area contributed by atoms with Gasteiger partial charge in [-0.3, -0.25) is 0 Å². The lowest BCUT2D eigenvalue weighted by atomic mass is 9.82. The van der Waals surface area contributed by atoms with Crippen LogP contribution in [0.15, 0.2) is 24.3 Å². The van der Waals surface area contributed by atoms with Crippen LogP contribution >= 0.6 is 0 Å². The summed E-state index contributed by atoms with van der Waals surface area (Å²) in [6.07, 6.45) is 0.455. The van der Waals surface area contributed by atoms with Crippen molar-refractivity contribution >= 4 is 5.97 Å². The average Bonchev–Trinajstić information content (AvgIpc) is 2.37. The van der Waals surface area contributed by atoms with E-state index in [1.165, 1.54) is 5.56 Å². The Labute approximate surface area is 128 Å². The topological polar surface area (TPSA) is 35.5 Å². The third-order valence-corrected chi connectivity index (χ3v) is 3.57. The summed E-state index contributed by atoms with van der Waals surface area (Å²) in [5.41, 5.74) is 0.918.